The van der Waals surface area contributed by atoms with E-state index in [4.69, 9.17) is 4.74 Å². The molecule has 1 saturated heterocycles. The van der Waals surface area contributed by atoms with Gasteiger partial charge in [-0.2, -0.15) is 0 Å². The Kier molecular flexibility index (Phi) is 5.36. The number of aliphatic hydroxyl groups excluding tert-OH is 1. The zero-order chi connectivity index (χ0) is 16.1. The lowest BCUT2D eigenvalue weighted by Gasteiger charge is -2.20. The molecule has 1 N–H and O–H groups in total. The number of aromatic nitrogens is 1. The van der Waals surface area contributed by atoms with Crippen LogP contribution in [0.2, 0.25) is 0 Å². The lowest BCUT2D eigenvalue weighted by Crippen LogP contribution is -2.28. The molecule has 0 aliphatic carbocycles. The zero-order valence-corrected chi connectivity index (χ0v) is 13.8. The fourth-order valence-electron chi connectivity index (χ4n) is 3.28. The van der Waals surface area contributed by atoms with Crippen LogP contribution in [0.4, 0.5) is 0 Å². The van der Waals surface area contributed by atoms with Crippen molar-refractivity contribution in [3.63, 3.8) is 0 Å². The van der Waals surface area contributed by atoms with Crippen LogP contribution in [0.1, 0.15) is 31.9 Å². The van der Waals surface area contributed by atoms with Crippen molar-refractivity contribution in [1.82, 2.24) is 9.47 Å². The van der Waals surface area contributed by atoms with Crippen LogP contribution in [0.5, 0.6) is 5.75 Å². The second-order valence-electron chi connectivity index (χ2n) is 6.25. The number of likely N-dealkylation sites (tertiary alicyclic amines) is 1. The highest BCUT2D eigenvalue weighted by Gasteiger charge is 2.18. The summed E-state index contributed by atoms with van der Waals surface area (Å²) < 4.78 is 7.83. The second kappa shape index (κ2) is 7.66. The van der Waals surface area contributed by atoms with Crippen molar-refractivity contribution in [2.75, 3.05) is 19.7 Å². The zero-order valence-electron chi connectivity index (χ0n) is 13.8. The molecule has 4 heteroatoms. The molecule has 0 radical (unpaired) electrons. The van der Waals surface area contributed by atoms with Crippen LogP contribution in [0.15, 0.2) is 42.6 Å². The maximum absolute atomic E-state index is 9.33. The van der Waals surface area contributed by atoms with E-state index in [1.165, 1.54) is 19.4 Å². The van der Waals surface area contributed by atoms with E-state index in [1.807, 2.05) is 47.2 Å². The largest absolute Gasteiger partial charge is 0.494 e. The molecule has 1 aliphatic rings. The summed E-state index contributed by atoms with van der Waals surface area (Å²) in [7, 11) is 0. The molecule has 2 heterocycles. The minimum atomic E-state index is 0.0418. The molecule has 1 aromatic carbocycles. The summed E-state index contributed by atoms with van der Waals surface area (Å²) in [4.78, 5) is 2.55. The predicted molar refractivity (Wildman–Crippen MR) is 92.1 cm³/mol. The van der Waals surface area contributed by atoms with Crippen LogP contribution in [-0.2, 0) is 6.61 Å². The minimum Gasteiger partial charge on any atom is -0.494 e. The standard InChI is InChI=1S/C19H26N2O2/c1-16-5-2-11-20(16)12-4-14-23-19-9-7-17(8-10-19)21-13-3-6-18(21)15-22/h3,6-10,13,16,22H,2,4-5,11-12,14-15H2,1H3/t16-/m0/s1. The van der Waals surface area contributed by atoms with Gasteiger partial charge in [-0.1, -0.05) is 0 Å². The third-order valence-corrected chi connectivity index (χ3v) is 4.66. The van der Waals surface area contributed by atoms with E-state index < -0.39 is 0 Å². The van der Waals surface area contributed by atoms with Crippen LogP contribution < -0.4 is 4.74 Å². The van der Waals surface area contributed by atoms with Crippen molar-refractivity contribution in [2.24, 2.45) is 0 Å². The quantitative estimate of drug-likeness (QED) is 0.797. The number of ether oxygens (including phenoxy) is 1. The summed E-state index contributed by atoms with van der Waals surface area (Å²) in [6, 6.07) is 12.6. The number of aliphatic hydroxyl groups is 1. The molecule has 1 fully saturated rings. The molecule has 2 aromatic rings. The highest BCUT2D eigenvalue weighted by molar-refractivity contribution is 5.39. The smallest absolute Gasteiger partial charge is 0.119 e. The van der Waals surface area contributed by atoms with Crippen LogP contribution in [0.25, 0.3) is 5.69 Å². The van der Waals surface area contributed by atoms with Gasteiger partial charge in [0.15, 0.2) is 0 Å². The SMILES string of the molecule is C[C@H]1CCCN1CCCOc1ccc(-n2cccc2CO)cc1. The molecule has 1 aliphatic heterocycles. The summed E-state index contributed by atoms with van der Waals surface area (Å²) in [5.74, 6) is 0.904. The molecule has 0 saturated carbocycles. The number of rotatable bonds is 7. The van der Waals surface area contributed by atoms with Crippen molar-refractivity contribution >= 4 is 0 Å². The van der Waals surface area contributed by atoms with Gasteiger partial charge < -0.3 is 19.3 Å². The van der Waals surface area contributed by atoms with Gasteiger partial charge in [-0.05, 0) is 69.1 Å². The van der Waals surface area contributed by atoms with Crippen LogP contribution >= 0.6 is 0 Å². The average Bonchev–Trinajstić information content (AvgIpc) is 3.21. The Hall–Kier alpha value is -1.78. The Labute approximate surface area is 138 Å². The maximum Gasteiger partial charge on any atom is 0.119 e. The van der Waals surface area contributed by atoms with Crippen LogP contribution in [0, 0.1) is 0 Å². The summed E-state index contributed by atoms with van der Waals surface area (Å²) in [5.41, 5.74) is 1.93. The van der Waals surface area contributed by atoms with Crippen molar-refractivity contribution in [3.05, 3.63) is 48.3 Å². The van der Waals surface area contributed by atoms with Gasteiger partial charge in [0.1, 0.15) is 5.75 Å². The molecular weight excluding hydrogens is 288 g/mol. The van der Waals surface area contributed by atoms with E-state index in [-0.39, 0.29) is 6.61 Å². The molecule has 0 amide bonds. The Morgan fingerprint density at radius 1 is 1.22 bits per heavy atom. The third-order valence-electron chi connectivity index (χ3n) is 4.66. The van der Waals surface area contributed by atoms with E-state index in [0.29, 0.717) is 0 Å². The first-order valence-corrected chi connectivity index (χ1v) is 8.52. The normalized spacial score (nSPS) is 18.4. The van der Waals surface area contributed by atoms with Gasteiger partial charge in [0, 0.05) is 30.2 Å². The molecule has 0 bridgehead atoms. The van der Waals surface area contributed by atoms with E-state index in [2.05, 4.69) is 11.8 Å². The van der Waals surface area contributed by atoms with Crippen molar-refractivity contribution in [2.45, 2.75) is 38.8 Å². The first-order valence-electron chi connectivity index (χ1n) is 8.52. The summed E-state index contributed by atoms with van der Waals surface area (Å²) >= 11 is 0. The Morgan fingerprint density at radius 3 is 2.74 bits per heavy atom. The van der Waals surface area contributed by atoms with Gasteiger partial charge in [-0.15, -0.1) is 0 Å². The number of hydrogen-bond acceptors (Lipinski definition) is 3. The molecule has 3 rings (SSSR count). The highest BCUT2D eigenvalue weighted by Crippen LogP contribution is 2.19. The van der Waals surface area contributed by atoms with E-state index >= 15 is 0 Å². The van der Waals surface area contributed by atoms with E-state index in [1.54, 1.807) is 0 Å². The lowest BCUT2D eigenvalue weighted by molar-refractivity contribution is 0.230. The summed E-state index contributed by atoms with van der Waals surface area (Å²) in [6.45, 7) is 5.48. The summed E-state index contributed by atoms with van der Waals surface area (Å²) in [5, 5.41) is 9.33. The van der Waals surface area contributed by atoms with E-state index in [0.717, 1.165) is 42.7 Å². The fraction of sp³-hybridized carbons (Fsp3) is 0.474. The third kappa shape index (κ3) is 3.95. The van der Waals surface area contributed by atoms with Gasteiger partial charge in [0.25, 0.3) is 0 Å². The van der Waals surface area contributed by atoms with E-state index in [9.17, 15) is 5.11 Å². The van der Waals surface area contributed by atoms with Crippen molar-refractivity contribution < 1.29 is 9.84 Å². The van der Waals surface area contributed by atoms with Gasteiger partial charge in [-0.25, -0.2) is 0 Å². The van der Waals surface area contributed by atoms with Crippen molar-refractivity contribution in [1.29, 1.82) is 0 Å². The van der Waals surface area contributed by atoms with Crippen LogP contribution in [0.3, 0.4) is 0 Å². The first kappa shape index (κ1) is 16.1. The Morgan fingerprint density at radius 2 is 2.04 bits per heavy atom. The first-order chi connectivity index (χ1) is 11.3. The number of hydrogen-bond donors (Lipinski definition) is 1. The van der Waals surface area contributed by atoms with Gasteiger partial charge in [0.2, 0.25) is 0 Å². The van der Waals surface area contributed by atoms with Gasteiger partial charge in [-0.3, -0.25) is 0 Å². The summed E-state index contributed by atoms with van der Waals surface area (Å²) in [6.07, 6.45) is 5.69. The topological polar surface area (TPSA) is 37.6 Å². The lowest BCUT2D eigenvalue weighted by atomic mass is 10.2. The highest BCUT2D eigenvalue weighted by atomic mass is 16.5. The molecular formula is C19H26N2O2. The Bertz CT molecular complexity index is 606. The molecule has 0 spiro atoms. The number of benzene rings is 1. The monoisotopic (exact) mass is 314 g/mol. The minimum absolute atomic E-state index is 0.0418. The predicted octanol–water partition coefficient (Wildman–Crippen LogP) is 3.22. The van der Waals surface area contributed by atoms with Gasteiger partial charge >= 0.3 is 0 Å². The molecule has 1 aromatic heterocycles. The van der Waals surface area contributed by atoms with Crippen LogP contribution in [-0.4, -0.2) is 40.3 Å². The fourth-order valence-corrected chi connectivity index (χ4v) is 3.28. The molecule has 0 unspecified atom stereocenters. The van der Waals surface area contributed by atoms with Gasteiger partial charge in [0.05, 0.1) is 13.2 Å². The van der Waals surface area contributed by atoms with Crippen molar-refractivity contribution in [3.8, 4) is 11.4 Å². The maximum atomic E-state index is 9.33. The molecule has 124 valence electrons. The molecule has 1 atom stereocenters. The Balaban J connectivity index is 1.48. The molecule has 4 nitrogen and oxygen atoms in total. The average molecular weight is 314 g/mol. The molecule has 23 heavy (non-hydrogen) atoms. The second-order valence-corrected chi connectivity index (χ2v) is 6.25. The number of nitrogens with zero attached hydrogens (tertiary/aromatic N) is 2.